The third kappa shape index (κ3) is 2.91. The molecular formula is C14H25N3O2. The summed E-state index contributed by atoms with van der Waals surface area (Å²) in [4.78, 5) is 26.4. The fourth-order valence-corrected chi connectivity index (χ4v) is 3.07. The molecule has 0 radical (unpaired) electrons. The molecule has 0 spiro atoms. The summed E-state index contributed by atoms with van der Waals surface area (Å²) in [6, 6.07) is -0.420. The lowest BCUT2D eigenvalue weighted by atomic mass is 9.93. The minimum Gasteiger partial charge on any atom is -0.343 e. The quantitative estimate of drug-likeness (QED) is 0.786. The zero-order chi connectivity index (χ0) is 13.9. The maximum atomic E-state index is 12.4. The van der Waals surface area contributed by atoms with Crippen LogP contribution in [0.1, 0.15) is 46.0 Å². The molecule has 2 heterocycles. The minimum atomic E-state index is -0.459. The highest BCUT2D eigenvalue weighted by Crippen LogP contribution is 2.23. The normalized spacial score (nSPS) is 28.4. The van der Waals surface area contributed by atoms with Crippen molar-refractivity contribution in [3.63, 3.8) is 0 Å². The van der Waals surface area contributed by atoms with E-state index in [-0.39, 0.29) is 11.8 Å². The molecule has 2 N–H and O–H groups in total. The number of likely N-dealkylation sites (tertiary alicyclic amines) is 1. The second-order valence-corrected chi connectivity index (χ2v) is 5.69. The van der Waals surface area contributed by atoms with Crippen LogP contribution in [0.2, 0.25) is 0 Å². The first-order chi connectivity index (χ1) is 9.09. The van der Waals surface area contributed by atoms with Crippen molar-refractivity contribution in [2.75, 3.05) is 19.6 Å². The number of nitrogens with zero attached hydrogens (tertiary/aromatic N) is 1. The molecule has 2 saturated heterocycles. The molecule has 0 aromatic carbocycles. The molecule has 0 aliphatic carbocycles. The van der Waals surface area contributed by atoms with Crippen LogP contribution in [0.25, 0.3) is 0 Å². The van der Waals surface area contributed by atoms with Crippen molar-refractivity contribution < 1.29 is 9.59 Å². The number of carbonyl (C=O) groups is 2. The average molecular weight is 267 g/mol. The number of rotatable bonds is 4. The van der Waals surface area contributed by atoms with Crippen LogP contribution in [0.4, 0.5) is 0 Å². The molecule has 5 nitrogen and oxygen atoms in total. The fraction of sp³-hybridized carbons (Fsp3) is 0.857. The zero-order valence-electron chi connectivity index (χ0n) is 12.0. The lowest BCUT2D eigenvalue weighted by Gasteiger charge is -2.29. The maximum Gasteiger partial charge on any atom is 0.244 e. The van der Waals surface area contributed by atoms with Gasteiger partial charge < -0.3 is 15.5 Å². The molecule has 2 aliphatic heterocycles. The minimum absolute atomic E-state index is 0.0208. The summed E-state index contributed by atoms with van der Waals surface area (Å²) >= 11 is 0. The first-order valence-corrected chi connectivity index (χ1v) is 7.44. The van der Waals surface area contributed by atoms with Gasteiger partial charge in [0.1, 0.15) is 6.04 Å². The monoisotopic (exact) mass is 267 g/mol. The van der Waals surface area contributed by atoms with Crippen LogP contribution >= 0.6 is 0 Å². The highest BCUT2D eigenvalue weighted by molar-refractivity contribution is 5.92. The van der Waals surface area contributed by atoms with Crippen molar-refractivity contribution in [1.82, 2.24) is 15.5 Å². The van der Waals surface area contributed by atoms with E-state index in [9.17, 15) is 9.59 Å². The van der Waals surface area contributed by atoms with Crippen LogP contribution in [-0.4, -0.2) is 47.9 Å². The molecule has 2 atom stereocenters. The van der Waals surface area contributed by atoms with Crippen molar-refractivity contribution >= 4 is 11.8 Å². The van der Waals surface area contributed by atoms with Crippen LogP contribution in [0.5, 0.6) is 0 Å². The lowest BCUT2D eigenvalue weighted by molar-refractivity contribution is -0.137. The third-order valence-corrected chi connectivity index (χ3v) is 4.42. The molecule has 5 heteroatoms. The van der Waals surface area contributed by atoms with E-state index in [1.165, 1.54) is 0 Å². The smallest absolute Gasteiger partial charge is 0.244 e. The Kier molecular flexibility index (Phi) is 4.45. The topological polar surface area (TPSA) is 61.4 Å². The molecule has 2 unspecified atom stereocenters. The molecule has 2 rings (SSSR count). The van der Waals surface area contributed by atoms with Gasteiger partial charge in [0, 0.05) is 13.1 Å². The molecule has 2 amide bonds. The van der Waals surface area contributed by atoms with Crippen LogP contribution in [0, 0.1) is 0 Å². The summed E-state index contributed by atoms with van der Waals surface area (Å²) in [7, 11) is 0. The van der Waals surface area contributed by atoms with Gasteiger partial charge in [0.25, 0.3) is 0 Å². The molecule has 108 valence electrons. The average Bonchev–Trinajstić information content (AvgIpc) is 3.09. The molecule has 2 aliphatic rings. The van der Waals surface area contributed by atoms with Crippen molar-refractivity contribution in [3.05, 3.63) is 0 Å². The van der Waals surface area contributed by atoms with Crippen molar-refractivity contribution in [1.29, 1.82) is 0 Å². The van der Waals surface area contributed by atoms with E-state index >= 15 is 0 Å². The van der Waals surface area contributed by atoms with Crippen molar-refractivity contribution in [2.45, 2.75) is 57.5 Å². The van der Waals surface area contributed by atoms with Crippen LogP contribution in [-0.2, 0) is 9.59 Å². The van der Waals surface area contributed by atoms with Crippen LogP contribution in [0.3, 0.4) is 0 Å². The Labute approximate surface area is 115 Å². The second kappa shape index (κ2) is 5.90. The second-order valence-electron chi connectivity index (χ2n) is 5.69. The number of amides is 2. The zero-order valence-corrected chi connectivity index (χ0v) is 12.0. The van der Waals surface area contributed by atoms with E-state index in [1.54, 1.807) is 6.92 Å². The lowest BCUT2D eigenvalue weighted by Crippen LogP contribution is -2.57. The van der Waals surface area contributed by atoms with Crippen molar-refractivity contribution in [2.24, 2.45) is 0 Å². The van der Waals surface area contributed by atoms with Gasteiger partial charge in [-0.05, 0) is 45.6 Å². The van der Waals surface area contributed by atoms with Gasteiger partial charge in [-0.1, -0.05) is 6.92 Å². The van der Waals surface area contributed by atoms with Gasteiger partial charge >= 0.3 is 0 Å². The molecule has 19 heavy (non-hydrogen) atoms. The van der Waals surface area contributed by atoms with Gasteiger partial charge in [0.2, 0.25) is 11.8 Å². The van der Waals surface area contributed by atoms with E-state index in [2.05, 4.69) is 10.6 Å². The predicted octanol–water partition coefficient (Wildman–Crippen LogP) is 0.646. The van der Waals surface area contributed by atoms with E-state index in [1.807, 2.05) is 11.8 Å². The van der Waals surface area contributed by atoms with E-state index in [0.29, 0.717) is 0 Å². The van der Waals surface area contributed by atoms with Gasteiger partial charge in [-0.2, -0.15) is 0 Å². The molecule has 0 aromatic heterocycles. The van der Waals surface area contributed by atoms with Crippen LogP contribution < -0.4 is 10.6 Å². The number of nitrogens with one attached hydrogen (secondary N) is 2. The fourth-order valence-electron chi connectivity index (χ4n) is 3.07. The Balaban J connectivity index is 1.92. The van der Waals surface area contributed by atoms with Crippen molar-refractivity contribution in [3.8, 4) is 0 Å². The van der Waals surface area contributed by atoms with Crippen LogP contribution in [0.15, 0.2) is 0 Å². The summed E-state index contributed by atoms with van der Waals surface area (Å²) in [6.45, 7) is 6.35. The standard InChI is InChI=1S/C14H25N3O2/c1-3-14(7-6-8-15-14)13(19)16-11(2)12(18)17-9-4-5-10-17/h11,15H,3-10H2,1-2H3,(H,16,19). The van der Waals surface area contributed by atoms with Gasteiger partial charge in [0.15, 0.2) is 0 Å². The van der Waals surface area contributed by atoms with E-state index in [4.69, 9.17) is 0 Å². The SMILES string of the molecule is CCC1(C(=O)NC(C)C(=O)N2CCCC2)CCCN1. The summed E-state index contributed by atoms with van der Waals surface area (Å²) in [5.41, 5.74) is -0.459. The predicted molar refractivity (Wildman–Crippen MR) is 73.7 cm³/mol. The molecule has 2 fully saturated rings. The highest BCUT2D eigenvalue weighted by Gasteiger charge is 2.40. The van der Waals surface area contributed by atoms with Gasteiger partial charge in [-0.25, -0.2) is 0 Å². The number of hydrogen-bond acceptors (Lipinski definition) is 3. The Bertz CT molecular complexity index is 345. The number of carbonyl (C=O) groups excluding carboxylic acids is 2. The Morgan fingerprint density at radius 2 is 2.00 bits per heavy atom. The first kappa shape index (κ1) is 14.3. The Hall–Kier alpha value is -1.10. The van der Waals surface area contributed by atoms with E-state index in [0.717, 1.165) is 51.7 Å². The van der Waals surface area contributed by atoms with Gasteiger partial charge in [0.05, 0.1) is 5.54 Å². The summed E-state index contributed by atoms with van der Waals surface area (Å²) in [5.74, 6) is 0.0302. The molecular weight excluding hydrogens is 242 g/mol. The van der Waals surface area contributed by atoms with Gasteiger partial charge in [-0.15, -0.1) is 0 Å². The summed E-state index contributed by atoms with van der Waals surface area (Å²) < 4.78 is 0. The van der Waals surface area contributed by atoms with Gasteiger partial charge in [-0.3, -0.25) is 9.59 Å². The highest BCUT2D eigenvalue weighted by atomic mass is 16.2. The number of hydrogen-bond donors (Lipinski definition) is 2. The molecule has 0 saturated carbocycles. The van der Waals surface area contributed by atoms with E-state index < -0.39 is 11.6 Å². The first-order valence-electron chi connectivity index (χ1n) is 7.44. The summed E-state index contributed by atoms with van der Waals surface area (Å²) in [5, 5.41) is 6.19. The Morgan fingerprint density at radius 3 is 2.53 bits per heavy atom. The summed E-state index contributed by atoms with van der Waals surface area (Å²) in [6.07, 6.45) is 4.80. The molecule has 0 aromatic rings. The maximum absolute atomic E-state index is 12.4. The molecule has 0 bridgehead atoms. The largest absolute Gasteiger partial charge is 0.343 e. The Morgan fingerprint density at radius 1 is 1.32 bits per heavy atom. The third-order valence-electron chi connectivity index (χ3n) is 4.42.